The van der Waals surface area contributed by atoms with Crippen LogP contribution < -0.4 is 37.6 Å². The number of aliphatic hydroxyl groups excluding tert-OH is 1. The van der Waals surface area contributed by atoms with Crippen molar-refractivity contribution in [3.63, 3.8) is 0 Å². The lowest BCUT2D eigenvalue weighted by molar-refractivity contribution is -0.143. The van der Waals surface area contributed by atoms with Crippen LogP contribution in [-0.4, -0.2) is 129 Å². The first-order valence-electron chi connectivity index (χ1n) is 20.1. The van der Waals surface area contributed by atoms with Crippen molar-refractivity contribution in [1.29, 1.82) is 0 Å². The van der Waals surface area contributed by atoms with E-state index in [-0.39, 0.29) is 37.5 Å². The zero-order chi connectivity index (χ0) is 41.4. The van der Waals surface area contributed by atoms with Crippen molar-refractivity contribution in [1.82, 2.24) is 36.8 Å². The van der Waals surface area contributed by atoms with Crippen LogP contribution in [0.1, 0.15) is 112 Å². The lowest BCUT2D eigenvalue weighted by Gasteiger charge is -2.33. The number of carbonyl (C=O) groups is 6. The van der Waals surface area contributed by atoms with E-state index in [0.717, 1.165) is 25.7 Å². The molecule has 0 saturated heterocycles. The number of hydrogen-bond donors (Lipinski definition) is 8. The Kier molecular flexibility index (Phi) is 24.4. The summed E-state index contributed by atoms with van der Waals surface area (Å²) >= 11 is 0. The van der Waals surface area contributed by atoms with Crippen LogP contribution in [0.5, 0.6) is 0 Å². The molecule has 0 bridgehead atoms. The Labute approximate surface area is 328 Å². The van der Waals surface area contributed by atoms with Crippen LogP contribution in [-0.2, 0) is 33.4 Å². The van der Waals surface area contributed by atoms with Gasteiger partial charge in [0, 0.05) is 32.7 Å². The Morgan fingerprint density at radius 3 is 2.05 bits per heavy atom. The third-order valence-corrected chi connectivity index (χ3v) is 9.55. The molecule has 5 atom stereocenters. The van der Waals surface area contributed by atoms with Crippen LogP contribution in [0, 0.1) is 11.8 Å². The summed E-state index contributed by atoms with van der Waals surface area (Å²) in [5, 5.41) is 25.7. The number of carbonyl (C=O) groups excluding carboxylic acids is 6. The minimum Gasteiger partial charge on any atom is -0.444 e. The van der Waals surface area contributed by atoms with Crippen molar-refractivity contribution >= 4 is 35.6 Å². The molecular weight excluding hydrogens is 712 g/mol. The predicted octanol–water partition coefficient (Wildman–Crippen LogP) is 1.02. The average molecular weight is 785 g/mol. The van der Waals surface area contributed by atoms with Crippen LogP contribution in [0.2, 0.25) is 0 Å². The molecule has 318 valence electrons. The van der Waals surface area contributed by atoms with E-state index in [4.69, 9.17) is 15.2 Å². The average Bonchev–Trinajstić information content (AvgIpc) is 3.43. The number of likely N-dealkylation sites (N-methyl/N-ethyl adjacent to an activating group) is 1. The van der Waals surface area contributed by atoms with Crippen molar-refractivity contribution in [3.8, 4) is 0 Å². The molecular formula is C38H72N8O9. The van der Waals surface area contributed by atoms with Gasteiger partial charge in [-0.25, -0.2) is 4.79 Å². The largest absolute Gasteiger partial charge is 0.444 e. The first-order valence-corrected chi connectivity index (χ1v) is 20.1. The third-order valence-electron chi connectivity index (χ3n) is 9.55. The number of ether oxygens (including phenoxy) is 2. The molecule has 55 heavy (non-hydrogen) atoms. The quantitative estimate of drug-likeness (QED) is 0.0369. The van der Waals surface area contributed by atoms with Crippen LogP contribution >= 0.6 is 0 Å². The summed E-state index contributed by atoms with van der Waals surface area (Å²) in [6.07, 6.45) is 7.75. The monoisotopic (exact) mass is 785 g/mol. The van der Waals surface area contributed by atoms with Crippen LogP contribution in [0.4, 0.5) is 4.79 Å². The SMILES string of the molecule is CCCC(C(=O)NC(C(=O)NC(CN)C(=O)NC(COCCCNCCCNC(=O)OC(C)(C)C)C(=O)NCO)C1CCCCCC1)N(C)C(=O)C(C)CC. The Bertz CT molecular complexity index is 1180. The highest BCUT2D eigenvalue weighted by molar-refractivity contribution is 5.96. The molecule has 1 aliphatic rings. The van der Waals surface area contributed by atoms with Gasteiger partial charge in [-0.2, -0.15) is 0 Å². The zero-order valence-electron chi connectivity index (χ0n) is 34.4. The van der Waals surface area contributed by atoms with Gasteiger partial charge in [0.1, 0.15) is 36.5 Å². The smallest absolute Gasteiger partial charge is 0.407 e. The number of nitrogens with zero attached hydrogens (tertiary/aromatic N) is 1. The number of alkyl carbamates (subject to hydrolysis) is 1. The summed E-state index contributed by atoms with van der Waals surface area (Å²) in [5.74, 6) is -3.01. The van der Waals surface area contributed by atoms with E-state index in [1.165, 1.54) is 4.90 Å². The second-order valence-corrected chi connectivity index (χ2v) is 15.3. The van der Waals surface area contributed by atoms with Crippen LogP contribution in [0.25, 0.3) is 0 Å². The summed E-state index contributed by atoms with van der Waals surface area (Å²) in [7, 11) is 1.62. The maximum absolute atomic E-state index is 14.0. The Balaban J connectivity index is 2.87. The Hall–Kier alpha value is -3.54. The fraction of sp³-hybridized carbons (Fsp3) is 0.842. The Morgan fingerprint density at radius 1 is 0.836 bits per heavy atom. The van der Waals surface area contributed by atoms with Gasteiger partial charge in [0.25, 0.3) is 0 Å². The zero-order valence-corrected chi connectivity index (χ0v) is 34.4. The number of amides is 6. The molecule has 0 aliphatic heterocycles. The van der Waals surface area contributed by atoms with E-state index in [0.29, 0.717) is 64.6 Å². The Morgan fingerprint density at radius 2 is 1.47 bits per heavy atom. The van der Waals surface area contributed by atoms with E-state index >= 15 is 0 Å². The second-order valence-electron chi connectivity index (χ2n) is 15.3. The minimum absolute atomic E-state index is 0.145. The molecule has 1 saturated carbocycles. The molecule has 1 aliphatic carbocycles. The third kappa shape index (κ3) is 19.7. The topological polar surface area (TPSA) is 243 Å². The summed E-state index contributed by atoms with van der Waals surface area (Å²) in [6, 6.07) is -4.16. The molecule has 1 rings (SSSR count). The molecule has 6 amide bonds. The van der Waals surface area contributed by atoms with Crippen LogP contribution in [0.3, 0.4) is 0 Å². The fourth-order valence-corrected chi connectivity index (χ4v) is 6.23. The van der Waals surface area contributed by atoms with E-state index in [9.17, 15) is 33.9 Å². The highest BCUT2D eigenvalue weighted by atomic mass is 16.6. The van der Waals surface area contributed by atoms with E-state index in [1.807, 2.05) is 20.8 Å². The molecule has 17 heteroatoms. The van der Waals surface area contributed by atoms with Gasteiger partial charge in [-0.1, -0.05) is 52.9 Å². The molecule has 9 N–H and O–H groups in total. The van der Waals surface area contributed by atoms with Crippen molar-refractivity contribution in [2.45, 2.75) is 142 Å². The highest BCUT2D eigenvalue weighted by Crippen LogP contribution is 2.26. The predicted molar refractivity (Wildman–Crippen MR) is 209 cm³/mol. The van der Waals surface area contributed by atoms with Crippen molar-refractivity contribution in [2.75, 3.05) is 53.2 Å². The summed E-state index contributed by atoms with van der Waals surface area (Å²) in [5.41, 5.74) is 5.40. The lowest BCUT2D eigenvalue weighted by atomic mass is 9.90. The highest BCUT2D eigenvalue weighted by Gasteiger charge is 2.36. The van der Waals surface area contributed by atoms with Gasteiger partial charge >= 0.3 is 6.09 Å². The second kappa shape index (κ2) is 27.1. The molecule has 0 aromatic carbocycles. The molecule has 0 spiro atoms. The molecule has 1 fully saturated rings. The fourth-order valence-electron chi connectivity index (χ4n) is 6.23. The van der Waals surface area contributed by atoms with E-state index in [2.05, 4.69) is 31.9 Å². The van der Waals surface area contributed by atoms with Gasteiger partial charge in [-0.05, 0) is 78.3 Å². The van der Waals surface area contributed by atoms with Gasteiger partial charge < -0.3 is 57.1 Å². The maximum atomic E-state index is 14.0. The molecule has 0 radical (unpaired) electrons. The number of nitrogens with one attached hydrogen (secondary N) is 6. The van der Waals surface area contributed by atoms with Gasteiger partial charge in [0.2, 0.25) is 29.5 Å². The lowest BCUT2D eigenvalue weighted by Crippen LogP contribution is -2.61. The number of aliphatic hydroxyl groups is 1. The maximum Gasteiger partial charge on any atom is 0.407 e. The molecule has 0 aromatic heterocycles. The molecule has 5 unspecified atom stereocenters. The summed E-state index contributed by atoms with van der Waals surface area (Å²) in [4.78, 5) is 80.2. The molecule has 0 heterocycles. The molecule has 17 nitrogen and oxygen atoms in total. The summed E-state index contributed by atoms with van der Waals surface area (Å²) in [6.45, 7) is 11.9. The number of nitrogens with two attached hydrogens (primary N) is 1. The van der Waals surface area contributed by atoms with Crippen molar-refractivity contribution < 1.29 is 43.3 Å². The normalized spacial score (nSPS) is 16.3. The standard InChI is InChI=1S/C38H72N8O9/c1-8-16-30(46(7)36(52)26(3)9-2)34(50)45-31(27-17-12-10-11-13-18-27)35(51)43-28(23-39)33(49)44-29(32(48)42-25-47)24-54-22-15-20-40-19-14-21-41-37(53)55-38(4,5)6/h26-31,40,47H,8-25,39H2,1-7H3,(H,41,53)(H,42,48)(H,43,51)(H,44,49)(H,45,50). The molecule has 0 aromatic rings. The first kappa shape index (κ1) is 49.5. The van der Waals surface area contributed by atoms with Crippen molar-refractivity contribution in [3.05, 3.63) is 0 Å². The number of rotatable bonds is 25. The minimum atomic E-state index is -1.24. The van der Waals surface area contributed by atoms with E-state index < -0.39 is 66.2 Å². The van der Waals surface area contributed by atoms with Gasteiger partial charge in [-0.15, -0.1) is 0 Å². The van der Waals surface area contributed by atoms with Gasteiger partial charge in [0.05, 0.1) is 6.61 Å². The van der Waals surface area contributed by atoms with E-state index in [1.54, 1.807) is 27.8 Å². The van der Waals surface area contributed by atoms with Crippen LogP contribution in [0.15, 0.2) is 0 Å². The summed E-state index contributed by atoms with van der Waals surface area (Å²) < 4.78 is 10.9. The van der Waals surface area contributed by atoms with Crippen molar-refractivity contribution in [2.24, 2.45) is 17.6 Å². The number of hydrogen-bond acceptors (Lipinski definition) is 11. The van der Waals surface area contributed by atoms with Gasteiger partial charge in [-0.3, -0.25) is 24.0 Å². The first-order chi connectivity index (χ1) is 26.1. The van der Waals surface area contributed by atoms with Gasteiger partial charge in [0.15, 0.2) is 0 Å².